The van der Waals surface area contributed by atoms with E-state index in [1.54, 1.807) is 0 Å². The number of amides is 1. The molecular formula is C66H129NO5. The molecule has 72 heavy (non-hydrogen) atoms. The number of allylic oxidation sites excluding steroid dienone is 4. The maximum Gasteiger partial charge on any atom is 0.249 e. The predicted molar refractivity (Wildman–Crippen MR) is 316 cm³/mol. The first-order valence-corrected chi connectivity index (χ1v) is 32.7. The SMILES string of the molecule is CCCCCCCCCCCCCCCCCCCCCCC/C=C/CC/C=C/CCCC(O)C(O)C(CO)NC(=O)C(O)CCCCCCCCCCCCCCCCCCCCCCCCCCCC. The lowest BCUT2D eigenvalue weighted by Crippen LogP contribution is -2.53. The molecule has 428 valence electrons. The molecule has 0 spiro atoms. The van der Waals surface area contributed by atoms with E-state index in [2.05, 4.69) is 43.5 Å². The fourth-order valence-electron chi connectivity index (χ4n) is 10.5. The molecule has 0 saturated heterocycles. The van der Waals surface area contributed by atoms with Gasteiger partial charge in [0.25, 0.3) is 0 Å². The minimum absolute atomic E-state index is 0.365. The normalized spacial score (nSPS) is 13.7. The number of carbonyl (C=O) groups excluding carboxylic acids is 1. The van der Waals surface area contributed by atoms with Crippen LogP contribution in [0.2, 0.25) is 0 Å². The quantitative estimate of drug-likeness (QED) is 0.0308. The van der Waals surface area contributed by atoms with Crippen molar-refractivity contribution in [1.82, 2.24) is 5.32 Å². The Bertz CT molecular complexity index is 1100. The van der Waals surface area contributed by atoms with Gasteiger partial charge in [-0.1, -0.05) is 334 Å². The van der Waals surface area contributed by atoms with Crippen molar-refractivity contribution in [2.24, 2.45) is 0 Å². The molecule has 0 heterocycles. The first-order valence-electron chi connectivity index (χ1n) is 32.7. The third kappa shape index (κ3) is 53.6. The monoisotopic (exact) mass is 1020 g/mol. The average Bonchev–Trinajstić information content (AvgIpc) is 3.39. The van der Waals surface area contributed by atoms with E-state index in [0.717, 1.165) is 38.5 Å². The molecule has 0 rings (SSSR count). The Labute approximate surface area is 450 Å². The maximum absolute atomic E-state index is 12.6. The zero-order valence-corrected chi connectivity index (χ0v) is 48.7. The van der Waals surface area contributed by atoms with Crippen molar-refractivity contribution >= 4 is 5.91 Å². The third-order valence-corrected chi connectivity index (χ3v) is 15.6. The Morgan fingerprint density at radius 3 is 0.875 bits per heavy atom. The van der Waals surface area contributed by atoms with Crippen LogP contribution in [0.5, 0.6) is 0 Å². The van der Waals surface area contributed by atoms with Crippen LogP contribution in [-0.2, 0) is 4.79 Å². The first-order chi connectivity index (χ1) is 35.5. The smallest absolute Gasteiger partial charge is 0.249 e. The largest absolute Gasteiger partial charge is 0.394 e. The molecule has 0 fully saturated rings. The van der Waals surface area contributed by atoms with Gasteiger partial charge >= 0.3 is 0 Å². The Hall–Kier alpha value is -1.21. The minimum Gasteiger partial charge on any atom is -0.394 e. The second kappa shape index (κ2) is 60.7. The number of unbranched alkanes of at least 4 members (excludes halogenated alkanes) is 48. The van der Waals surface area contributed by atoms with E-state index in [0.29, 0.717) is 19.3 Å². The molecule has 6 nitrogen and oxygen atoms in total. The van der Waals surface area contributed by atoms with Gasteiger partial charge in [-0.25, -0.2) is 0 Å². The minimum atomic E-state index is -1.29. The van der Waals surface area contributed by atoms with E-state index < -0.39 is 36.9 Å². The number of carbonyl (C=O) groups is 1. The van der Waals surface area contributed by atoms with Crippen LogP contribution in [0.1, 0.15) is 361 Å². The van der Waals surface area contributed by atoms with E-state index >= 15 is 0 Å². The van der Waals surface area contributed by atoms with Crippen molar-refractivity contribution in [3.05, 3.63) is 24.3 Å². The molecule has 0 aromatic rings. The second-order valence-electron chi connectivity index (χ2n) is 22.8. The van der Waals surface area contributed by atoms with Crippen LogP contribution in [0, 0.1) is 0 Å². The summed E-state index contributed by atoms with van der Waals surface area (Å²) < 4.78 is 0. The van der Waals surface area contributed by atoms with E-state index in [9.17, 15) is 25.2 Å². The van der Waals surface area contributed by atoms with Crippen molar-refractivity contribution in [3.63, 3.8) is 0 Å². The highest BCUT2D eigenvalue weighted by molar-refractivity contribution is 5.80. The molecule has 0 saturated carbocycles. The predicted octanol–water partition coefficient (Wildman–Crippen LogP) is 19.8. The summed E-state index contributed by atoms with van der Waals surface area (Å²) >= 11 is 0. The summed E-state index contributed by atoms with van der Waals surface area (Å²) in [4.78, 5) is 12.6. The maximum atomic E-state index is 12.6. The number of hydrogen-bond donors (Lipinski definition) is 5. The molecule has 5 N–H and O–H groups in total. The molecule has 6 heteroatoms. The molecule has 0 aliphatic carbocycles. The van der Waals surface area contributed by atoms with Crippen LogP contribution in [0.3, 0.4) is 0 Å². The van der Waals surface area contributed by atoms with Crippen molar-refractivity contribution < 1.29 is 25.2 Å². The Morgan fingerprint density at radius 2 is 0.583 bits per heavy atom. The molecule has 4 unspecified atom stereocenters. The highest BCUT2D eigenvalue weighted by Crippen LogP contribution is 2.19. The standard InChI is InChI=1S/C66H129NO5/c1-3-5-7-9-11-13-15-17-19-21-23-25-27-29-31-32-33-34-36-37-39-41-43-45-47-49-51-53-55-57-59-63(69)65(71)62(61-68)67-66(72)64(70)60-58-56-54-52-50-48-46-44-42-40-38-35-30-28-26-24-22-20-18-16-14-12-10-8-6-4-2/h43,45,51,53,62-65,68-71H,3-42,44,46-50,52,54-61H2,1-2H3,(H,67,72)/b45-43+,53-51+. The molecule has 0 aromatic heterocycles. The summed E-state index contributed by atoms with van der Waals surface area (Å²) in [7, 11) is 0. The van der Waals surface area contributed by atoms with E-state index in [4.69, 9.17) is 0 Å². The number of nitrogens with one attached hydrogen (secondary N) is 1. The van der Waals surface area contributed by atoms with E-state index in [1.807, 2.05) is 0 Å². The lowest BCUT2D eigenvalue weighted by atomic mass is 10.00. The molecule has 0 aromatic carbocycles. The molecule has 1 amide bonds. The van der Waals surface area contributed by atoms with Crippen molar-refractivity contribution in [2.75, 3.05) is 6.61 Å². The highest BCUT2D eigenvalue weighted by Gasteiger charge is 2.28. The van der Waals surface area contributed by atoms with Gasteiger partial charge in [0.1, 0.15) is 12.2 Å². The van der Waals surface area contributed by atoms with Crippen molar-refractivity contribution in [3.8, 4) is 0 Å². The number of aliphatic hydroxyl groups is 4. The number of rotatable bonds is 61. The second-order valence-corrected chi connectivity index (χ2v) is 22.8. The fourth-order valence-corrected chi connectivity index (χ4v) is 10.5. The number of hydrogen-bond acceptors (Lipinski definition) is 5. The van der Waals surface area contributed by atoms with Gasteiger partial charge in [-0.2, -0.15) is 0 Å². The summed E-state index contributed by atoms with van der Waals surface area (Å²) in [6.45, 7) is 4.09. The van der Waals surface area contributed by atoms with Gasteiger partial charge in [0.2, 0.25) is 5.91 Å². The van der Waals surface area contributed by atoms with Crippen molar-refractivity contribution in [1.29, 1.82) is 0 Å². The Morgan fingerprint density at radius 1 is 0.333 bits per heavy atom. The Kier molecular flexibility index (Phi) is 59.6. The van der Waals surface area contributed by atoms with Gasteiger partial charge in [-0.15, -0.1) is 0 Å². The van der Waals surface area contributed by atoms with Gasteiger partial charge in [-0.05, 0) is 51.4 Å². The average molecular weight is 1020 g/mol. The topological polar surface area (TPSA) is 110 Å². The van der Waals surface area contributed by atoms with Crippen LogP contribution in [-0.4, -0.2) is 57.3 Å². The van der Waals surface area contributed by atoms with Crippen LogP contribution in [0.15, 0.2) is 24.3 Å². The molecule has 0 bridgehead atoms. The summed E-state index contributed by atoms with van der Waals surface area (Å²) in [5.41, 5.74) is 0. The summed E-state index contributed by atoms with van der Waals surface area (Å²) in [6, 6.07) is -1.01. The first kappa shape index (κ1) is 70.8. The van der Waals surface area contributed by atoms with Gasteiger partial charge in [0.05, 0.1) is 18.8 Å². The highest BCUT2D eigenvalue weighted by atomic mass is 16.3. The van der Waals surface area contributed by atoms with Crippen molar-refractivity contribution in [2.45, 2.75) is 385 Å². The number of aliphatic hydroxyl groups excluding tert-OH is 4. The molecule has 0 radical (unpaired) electrons. The molecular weight excluding hydrogens is 887 g/mol. The lowest BCUT2D eigenvalue weighted by molar-refractivity contribution is -0.132. The summed E-state index contributed by atoms with van der Waals surface area (Å²) in [6.07, 6.45) is 75.8. The van der Waals surface area contributed by atoms with E-state index in [1.165, 1.54) is 289 Å². The zero-order valence-electron chi connectivity index (χ0n) is 48.7. The van der Waals surface area contributed by atoms with Crippen LogP contribution in [0.25, 0.3) is 0 Å². The Balaban J connectivity index is 3.60. The lowest BCUT2D eigenvalue weighted by Gasteiger charge is -2.27. The molecule has 4 atom stereocenters. The fraction of sp³-hybridized carbons (Fsp3) is 0.924. The van der Waals surface area contributed by atoms with Gasteiger partial charge in [0.15, 0.2) is 0 Å². The van der Waals surface area contributed by atoms with Crippen LogP contribution < -0.4 is 5.32 Å². The van der Waals surface area contributed by atoms with Crippen LogP contribution in [0.4, 0.5) is 0 Å². The van der Waals surface area contributed by atoms with Gasteiger partial charge in [-0.3, -0.25) is 4.79 Å². The van der Waals surface area contributed by atoms with Gasteiger partial charge in [0, 0.05) is 0 Å². The molecule has 0 aliphatic rings. The summed E-state index contributed by atoms with van der Waals surface area (Å²) in [5.74, 6) is -0.590. The summed E-state index contributed by atoms with van der Waals surface area (Å²) in [5, 5.41) is 44.1. The van der Waals surface area contributed by atoms with Crippen LogP contribution >= 0.6 is 0 Å². The molecule has 0 aliphatic heterocycles. The van der Waals surface area contributed by atoms with Gasteiger partial charge < -0.3 is 25.7 Å². The zero-order chi connectivity index (χ0) is 52.3. The third-order valence-electron chi connectivity index (χ3n) is 15.6. The van der Waals surface area contributed by atoms with E-state index in [-0.39, 0.29) is 0 Å².